The number of ether oxygens (including phenoxy) is 21. The zero-order chi connectivity index (χ0) is 57.2. The molecule has 0 aliphatic carbocycles. The largest absolute Gasteiger partial charge is 0.394 e. The third-order valence-electron chi connectivity index (χ3n) is 11.3. The van der Waals surface area contributed by atoms with Gasteiger partial charge >= 0.3 is 0 Å². The van der Waals surface area contributed by atoms with Crippen molar-refractivity contribution in [2.24, 2.45) is 0 Å². The zero-order valence-electron chi connectivity index (χ0n) is 50.3. The summed E-state index contributed by atoms with van der Waals surface area (Å²) in [5.41, 5.74) is 0. The monoisotopic (exact) mass is 1170 g/mol. The van der Waals surface area contributed by atoms with E-state index in [2.05, 4.69) is 6.92 Å². The first-order chi connectivity index (χ1) is 39.9. The number of unbranched alkanes of at least 4 members (excludes halogenated alkanes) is 13. The van der Waals surface area contributed by atoms with Crippen LogP contribution in [0.4, 0.5) is 0 Å². The van der Waals surface area contributed by atoms with Gasteiger partial charge in [-0.3, -0.25) is 0 Å². The van der Waals surface area contributed by atoms with E-state index < -0.39 is 0 Å². The lowest BCUT2D eigenvalue weighted by Gasteiger charge is -2.09. The van der Waals surface area contributed by atoms with Crippen LogP contribution >= 0.6 is 0 Å². The molecular formula is C58H118O22. The van der Waals surface area contributed by atoms with Gasteiger partial charge in [0.05, 0.1) is 277 Å². The highest BCUT2D eigenvalue weighted by Gasteiger charge is 2.01. The molecule has 0 saturated carbocycles. The summed E-state index contributed by atoms with van der Waals surface area (Å²) < 4.78 is 116. The normalized spacial score (nSPS) is 11.8. The van der Waals surface area contributed by atoms with E-state index in [9.17, 15) is 0 Å². The molecule has 0 aromatic heterocycles. The molecule has 0 amide bonds. The van der Waals surface area contributed by atoms with Crippen LogP contribution < -0.4 is 0 Å². The lowest BCUT2D eigenvalue weighted by molar-refractivity contribution is -0.0316. The summed E-state index contributed by atoms with van der Waals surface area (Å²) in [6, 6.07) is 0. The second-order valence-electron chi connectivity index (χ2n) is 18.2. The minimum absolute atomic E-state index is 0.0197. The van der Waals surface area contributed by atoms with Crippen LogP contribution in [-0.2, 0) is 99.5 Å². The first kappa shape index (κ1) is 79.1. The standard InChI is InChI=1S/C58H118O22/c1-2-3-4-5-6-7-8-9-10-11-12-13-14-15-17-60-19-21-62-23-25-64-27-29-66-31-33-68-35-37-70-39-41-72-43-45-74-47-49-76-51-53-78-55-57-80-58-56-79-54-52-77-50-48-75-46-44-73-42-40-71-38-36-69-34-32-67-30-28-65-26-24-63-22-20-61-18-16-59/h59H,2-58H2,1H3. The average Bonchev–Trinajstić information content (AvgIpc) is 3.47. The summed E-state index contributed by atoms with van der Waals surface area (Å²) in [7, 11) is 0. The third-order valence-corrected chi connectivity index (χ3v) is 11.3. The van der Waals surface area contributed by atoms with E-state index >= 15 is 0 Å². The SMILES string of the molecule is CCCCCCCCCCCCCCCCOCCOCCOCCOCCOCCOCCOCCOCCOCCOCCOCCOCCOCCOCCOCCOCCOCCOCCOCCOCCOCCO. The fraction of sp³-hybridized carbons (Fsp3) is 1.00. The number of rotatable bonds is 77. The fourth-order valence-corrected chi connectivity index (χ4v) is 6.96. The van der Waals surface area contributed by atoms with Gasteiger partial charge in [0.15, 0.2) is 0 Å². The van der Waals surface area contributed by atoms with E-state index in [-0.39, 0.29) is 6.61 Å². The predicted molar refractivity (Wildman–Crippen MR) is 305 cm³/mol. The average molecular weight is 1170 g/mol. The first-order valence-electron chi connectivity index (χ1n) is 30.6. The highest BCUT2D eigenvalue weighted by molar-refractivity contribution is 4.50. The summed E-state index contributed by atoms with van der Waals surface area (Å²) in [6.45, 7) is 23.7. The van der Waals surface area contributed by atoms with E-state index in [0.717, 1.165) is 13.0 Å². The Balaban J connectivity index is 3.08. The van der Waals surface area contributed by atoms with Gasteiger partial charge in [-0.1, -0.05) is 90.4 Å². The minimum atomic E-state index is 0.0197. The van der Waals surface area contributed by atoms with Crippen LogP contribution in [0.2, 0.25) is 0 Å². The smallest absolute Gasteiger partial charge is 0.0701 e. The van der Waals surface area contributed by atoms with Crippen molar-refractivity contribution in [2.45, 2.75) is 96.8 Å². The molecule has 22 heteroatoms. The molecule has 0 saturated heterocycles. The molecule has 22 nitrogen and oxygen atoms in total. The first-order valence-corrected chi connectivity index (χ1v) is 30.6. The summed E-state index contributed by atoms with van der Waals surface area (Å²) >= 11 is 0. The second kappa shape index (κ2) is 78.1. The van der Waals surface area contributed by atoms with Crippen molar-refractivity contribution in [3.63, 3.8) is 0 Å². The van der Waals surface area contributed by atoms with E-state index in [0.29, 0.717) is 271 Å². The molecule has 0 bridgehead atoms. The summed E-state index contributed by atoms with van der Waals surface area (Å²) in [5, 5.41) is 8.61. The van der Waals surface area contributed by atoms with Crippen molar-refractivity contribution in [3.05, 3.63) is 0 Å². The number of aliphatic hydroxyl groups is 1. The van der Waals surface area contributed by atoms with Crippen LogP contribution in [0.15, 0.2) is 0 Å². The highest BCUT2D eigenvalue weighted by atomic mass is 16.6. The summed E-state index contributed by atoms with van der Waals surface area (Å²) in [5.74, 6) is 0. The Hall–Kier alpha value is -0.880. The van der Waals surface area contributed by atoms with Gasteiger partial charge in [0, 0.05) is 6.61 Å². The Morgan fingerprint density at radius 3 is 0.388 bits per heavy atom. The summed E-state index contributed by atoms with van der Waals surface area (Å²) in [6.07, 6.45) is 19.2. The van der Waals surface area contributed by atoms with Gasteiger partial charge in [-0.05, 0) is 6.42 Å². The van der Waals surface area contributed by atoms with Crippen LogP contribution in [0.3, 0.4) is 0 Å². The van der Waals surface area contributed by atoms with E-state index in [1.54, 1.807) is 0 Å². The Bertz CT molecular complexity index is 970. The molecule has 0 fully saturated rings. The molecule has 482 valence electrons. The van der Waals surface area contributed by atoms with Gasteiger partial charge in [0.1, 0.15) is 0 Å². The number of hydrogen-bond acceptors (Lipinski definition) is 22. The Labute approximate surface area is 484 Å². The molecule has 0 unspecified atom stereocenters. The highest BCUT2D eigenvalue weighted by Crippen LogP contribution is 2.13. The quantitative estimate of drug-likeness (QED) is 0.0712. The van der Waals surface area contributed by atoms with Crippen molar-refractivity contribution in [2.75, 3.05) is 284 Å². The van der Waals surface area contributed by atoms with Crippen LogP contribution in [0, 0.1) is 0 Å². The molecule has 0 rings (SSSR count). The van der Waals surface area contributed by atoms with Gasteiger partial charge in [-0.2, -0.15) is 0 Å². The third kappa shape index (κ3) is 77.1. The molecule has 0 spiro atoms. The Kier molecular flexibility index (Phi) is 77.3. The molecule has 0 aliphatic heterocycles. The van der Waals surface area contributed by atoms with Crippen molar-refractivity contribution in [1.82, 2.24) is 0 Å². The molecule has 0 aromatic carbocycles. The fourth-order valence-electron chi connectivity index (χ4n) is 6.96. The molecule has 1 N–H and O–H groups in total. The minimum Gasteiger partial charge on any atom is -0.394 e. The van der Waals surface area contributed by atoms with E-state index in [4.69, 9.17) is 105 Å². The maximum absolute atomic E-state index is 8.61. The number of hydrogen-bond donors (Lipinski definition) is 1. The van der Waals surface area contributed by atoms with Crippen LogP contribution in [0.1, 0.15) is 96.8 Å². The Morgan fingerprint density at radius 2 is 0.250 bits per heavy atom. The van der Waals surface area contributed by atoms with E-state index in [1.165, 1.54) is 83.5 Å². The lowest BCUT2D eigenvalue weighted by Crippen LogP contribution is -2.16. The summed E-state index contributed by atoms with van der Waals surface area (Å²) in [4.78, 5) is 0. The lowest BCUT2D eigenvalue weighted by atomic mass is 10.0. The molecule has 0 radical (unpaired) electrons. The van der Waals surface area contributed by atoms with Crippen LogP contribution in [-0.4, -0.2) is 289 Å². The van der Waals surface area contributed by atoms with Gasteiger partial charge in [-0.15, -0.1) is 0 Å². The van der Waals surface area contributed by atoms with E-state index in [1.807, 2.05) is 0 Å². The topological polar surface area (TPSA) is 214 Å². The molecule has 0 aliphatic rings. The van der Waals surface area contributed by atoms with Crippen molar-refractivity contribution < 1.29 is 105 Å². The number of aliphatic hydroxyl groups excluding tert-OH is 1. The van der Waals surface area contributed by atoms with Gasteiger partial charge in [0.2, 0.25) is 0 Å². The molecule has 80 heavy (non-hydrogen) atoms. The predicted octanol–water partition coefficient (Wildman–Crippen LogP) is 5.81. The maximum Gasteiger partial charge on any atom is 0.0701 e. The molecule has 0 heterocycles. The van der Waals surface area contributed by atoms with Crippen LogP contribution in [0.5, 0.6) is 0 Å². The van der Waals surface area contributed by atoms with Crippen molar-refractivity contribution >= 4 is 0 Å². The maximum atomic E-state index is 8.61. The molecule has 0 aromatic rings. The van der Waals surface area contributed by atoms with Gasteiger partial charge < -0.3 is 105 Å². The van der Waals surface area contributed by atoms with Crippen LogP contribution in [0.25, 0.3) is 0 Å². The zero-order valence-corrected chi connectivity index (χ0v) is 50.3. The molecule has 0 atom stereocenters. The van der Waals surface area contributed by atoms with Crippen molar-refractivity contribution in [1.29, 1.82) is 0 Å². The second-order valence-corrected chi connectivity index (χ2v) is 18.2. The Morgan fingerprint density at radius 1 is 0.138 bits per heavy atom. The molecular weight excluding hydrogens is 1050 g/mol. The van der Waals surface area contributed by atoms with Crippen molar-refractivity contribution in [3.8, 4) is 0 Å². The van der Waals surface area contributed by atoms with Gasteiger partial charge in [-0.25, -0.2) is 0 Å². The van der Waals surface area contributed by atoms with Gasteiger partial charge in [0.25, 0.3) is 0 Å².